The molecule has 0 saturated heterocycles. The molecule has 1 unspecified atom stereocenters. The van der Waals surface area contributed by atoms with Crippen LogP contribution in [-0.2, 0) is 0 Å². The van der Waals surface area contributed by atoms with Crippen LogP contribution in [0, 0.1) is 9.39 Å². The van der Waals surface area contributed by atoms with E-state index >= 15 is 0 Å². The fourth-order valence-electron chi connectivity index (χ4n) is 2.03. The van der Waals surface area contributed by atoms with Gasteiger partial charge in [-0.15, -0.1) is 0 Å². The largest absolute Gasteiger partial charge is 0.345 e. The van der Waals surface area contributed by atoms with E-state index < -0.39 is 0 Å². The lowest BCUT2D eigenvalue weighted by Gasteiger charge is -2.18. The first-order valence-electron chi connectivity index (χ1n) is 6.52. The molecule has 1 amide bonds. The van der Waals surface area contributed by atoms with E-state index in [9.17, 15) is 9.18 Å². The Morgan fingerprint density at radius 3 is 2.52 bits per heavy atom. The van der Waals surface area contributed by atoms with Crippen molar-refractivity contribution in [3.63, 3.8) is 0 Å². The van der Waals surface area contributed by atoms with Crippen molar-refractivity contribution in [1.29, 1.82) is 0 Å². The minimum Gasteiger partial charge on any atom is -0.345 e. The van der Waals surface area contributed by atoms with Crippen LogP contribution in [0.4, 0.5) is 4.39 Å². The van der Waals surface area contributed by atoms with Crippen LogP contribution in [0.2, 0.25) is 0 Å². The Kier molecular flexibility index (Phi) is 5.75. The van der Waals surface area contributed by atoms with Crippen LogP contribution < -0.4 is 5.32 Å². The maximum absolute atomic E-state index is 13.1. The van der Waals surface area contributed by atoms with Crippen molar-refractivity contribution in [2.75, 3.05) is 0 Å². The molecule has 2 nitrogen and oxygen atoms in total. The first-order valence-corrected chi connectivity index (χ1v) is 8.39. The Bertz CT molecular complexity index is 645. The minimum atomic E-state index is -0.337. The lowest BCUT2D eigenvalue weighted by molar-refractivity contribution is 0.0934. The van der Waals surface area contributed by atoms with Gasteiger partial charge in [-0.2, -0.15) is 0 Å². The van der Waals surface area contributed by atoms with Crippen LogP contribution in [0.3, 0.4) is 0 Å². The van der Waals surface area contributed by atoms with Gasteiger partial charge in [-0.25, -0.2) is 4.39 Å². The Morgan fingerprint density at radius 2 is 1.95 bits per heavy atom. The van der Waals surface area contributed by atoms with E-state index in [1.807, 2.05) is 53.8 Å². The van der Waals surface area contributed by atoms with Crippen LogP contribution >= 0.6 is 38.5 Å². The summed E-state index contributed by atoms with van der Waals surface area (Å²) in [7, 11) is 0. The molecule has 2 aromatic carbocycles. The number of carbonyl (C=O) groups is 1. The highest BCUT2D eigenvalue weighted by Gasteiger charge is 2.16. The molecule has 0 heterocycles. The van der Waals surface area contributed by atoms with Crippen molar-refractivity contribution >= 4 is 44.4 Å². The molecule has 110 valence electrons. The van der Waals surface area contributed by atoms with Gasteiger partial charge >= 0.3 is 0 Å². The molecule has 5 heteroatoms. The average Bonchev–Trinajstić information content (AvgIpc) is 2.45. The molecule has 2 rings (SSSR count). The molecule has 0 bridgehead atoms. The van der Waals surface area contributed by atoms with E-state index in [-0.39, 0.29) is 17.8 Å². The van der Waals surface area contributed by atoms with Gasteiger partial charge in [0.2, 0.25) is 0 Å². The Labute approximate surface area is 145 Å². The van der Waals surface area contributed by atoms with E-state index in [2.05, 4.69) is 21.2 Å². The molecule has 1 N–H and O–H groups in total. The molecule has 1 atom stereocenters. The monoisotopic (exact) mass is 461 g/mol. The predicted octanol–water partition coefficient (Wildman–Crippen LogP) is 5.07. The van der Waals surface area contributed by atoms with E-state index in [1.54, 1.807) is 0 Å². The number of rotatable bonds is 4. The number of benzene rings is 2. The number of amides is 1. The second-order valence-electron chi connectivity index (χ2n) is 4.61. The molecule has 0 aromatic heterocycles. The molecular formula is C16H14BrFINO. The summed E-state index contributed by atoms with van der Waals surface area (Å²) in [6, 6.07) is 12.0. The van der Waals surface area contributed by atoms with E-state index in [0.717, 1.165) is 16.5 Å². The van der Waals surface area contributed by atoms with Crippen molar-refractivity contribution in [1.82, 2.24) is 5.32 Å². The van der Waals surface area contributed by atoms with Crippen molar-refractivity contribution in [2.45, 2.75) is 19.4 Å². The summed E-state index contributed by atoms with van der Waals surface area (Å²) in [6.45, 7) is 2.02. The van der Waals surface area contributed by atoms with Crippen molar-refractivity contribution in [3.05, 3.63) is 67.5 Å². The zero-order chi connectivity index (χ0) is 15.4. The van der Waals surface area contributed by atoms with Crippen LogP contribution in [-0.4, -0.2) is 5.91 Å². The van der Waals surface area contributed by atoms with E-state index in [0.29, 0.717) is 9.13 Å². The maximum atomic E-state index is 13.1. The highest BCUT2D eigenvalue weighted by atomic mass is 127. The van der Waals surface area contributed by atoms with Crippen molar-refractivity contribution in [3.8, 4) is 0 Å². The molecular weight excluding hydrogens is 448 g/mol. The Morgan fingerprint density at radius 1 is 1.29 bits per heavy atom. The van der Waals surface area contributed by atoms with Crippen LogP contribution in [0.1, 0.15) is 35.3 Å². The third-order valence-electron chi connectivity index (χ3n) is 3.16. The zero-order valence-electron chi connectivity index (χ0n) is 11.4. The first kappa shape index (κ1) is 16.4. The maximum Gasteiger partial charge on any atom is 0.252 e. The topological polar surface area (TPSA) is 29.1 Å². The first-order chi connectivity index (χ1) is 10.0. The smallest absolute Gasteiger partial charge is 0.252 e. The predicted molar refractivity (Wildman–Crippen MR) is 93.8 cm³/mol. The lowest BCUT2D eigenvalue weighted by atomic mass is 10.0. The van der Waals surface area contributed by atoms with Crippen LogP contribution in [0.25, 0.3) is 0 Å². The third kappa shape index (κ3) is 4.26. The van der Waals surface area contributed by atoms with Gasteiger partial charge in [-0.3, -0.25) is 4.79 Å². The fourth-order valence-corrected chi connectivity index (χ4v) is 3.01. The summed E-state index contributed by atoms with van der Waals surface area (Å²) < 4.78 is 14.7. The number of carbonyl (C=O) groups excluding carboxylic acids is 1. The molecule has 0 radical (unpaired) electrons. The SMILES string of the molecule is CCC(NC(=O)c1ccc(F)cc1I)c1ccc(Br)cc1. The van der Waals surface area contributed by atoms with Gasteiger partial charge in [-0.05, 0) is 64.9 Å². The molecule has 21 heavy (non-hydrogen) atoms. The molecule has 0 aliphatic rings. The van der Waals surface area contributed by atoms with E-state index in [4.69, 9.17) is 0 Å². The molecule has 0 aliphatic heterocycles. The summed E-state index contributed by atoms with van der Waals surface area (Å²) in [6.07, 6.45) is 0.783. The summed E-state index contributed by atoms with van der Waals surface area (Å²) in [4.78, 5) is 12.3. The van der Waals surface area contributed by atoms with E-state index in [1.165, 1.54) is 18.2 Å². The molecule has 2 aromatic rings. The Hall–Kier alpha value is -0.950. The summed E-state index contributed by atoms with van der Waals surface area (Å²) >= 11 is 5.37. The zero-order valence-corrected chi connectivity index (χ0v) is 15.1. The van der Waals surface area contributed by atoms with Gasteiger partial charge < -0.3 is 5.32 Å². The lowest BCUT2D eigenvalue weighted by Crippen LogP contribution is -2.28. The molecule has 0 aliphatic carbocycles. The highest BCUT2D eigenvalue weighted by molar-refractivity contribution is 14.1. The molecule has 0 saturated carbocycles. The normalized spacial score (nSPS) is 12.0. The quantitative estimate of drug-likeness (QED) is 0.632. The standard InChI is InChI=1S/C16H14BrFINO/c1-2-15(10-3-5-11(17)6-4-10)20-16(21)13-8-7-12(18)9-14(13)19/h3-9,15H,2H2,1H3,(H,20,21). The third-order valence-corrected chi connectivity index (χ3v) is 4.58. The van der Waals surface area contributed by atoms with Gasteiger partial charge in [0.1, 0.15) is 5.82 Å². The fraction of sp³-hybridized carbons (Fsp3) is 0.188. The van der Waals surface area contributed by atoms with Gasteiger partial charge in [0.05, 0.1) is 11.6 Å². The second kappa shape index (κ2) is 7.35. The summed E-state index contributed by atoms with van der Waals surface area (Å²) in [5, 5.41) is 3.00. The van der Waals surface area contributed by atoms with Gasteiger partial charge in [0, 0.05) is 8.04 Å². The summed E-state index contributed by atoms with van der Waals surface area (Å²) in [5.74, 6) is -0.523. The van der Waals surface area contributed by atoms with Gasteiger partial charge in [0.15, 0.2) is 0 Å². The highest BCUT2D eigenvalue weighted by Crippen LogP contribution is 2.21. The number of hydrogen-bond donors (Lipinski definition) is 1. The molecule has 0 spiro atoms. The van der Waals surface area contributed by atoms with Gasteiger partial charge in [0.25, 0.3) is 5.91 Å². The minimum absolute atomic E-state index is 0.0635. The molecule has 0 fully saturated rings. The van der Waals surface area contributed by atoms with Crippen molar-refractivity contribution < 1.29 is 9.18 Å². The van der Waals surface area contributed by atoms with Gasteiger partial charge in [-0.1, -0.05) is 35.0 Å². The van der Waals surface area contributed by atoms with Crippen LogP contribution in [0.15, 0.2) is 46.9 Å². The number of hydrogen-bond acceptors (Lipinski definition) is 1. The average molecular weight is 462 g/mol. The number of nitrogens with one attached hydrogen (secondary N) is 1. The van der Waals surface area contributed by atoms with Crippen LogP contribution in [0.5, 0.6) is 0 Å². The number of halogens is 3. The summed E-state index contributed by atoms with van der Waals surface area (Å²) in [5.41, 5.74) is 1.54. The van der Waals surface area contributed by atoms with Crippen molar-refractivity contribution in [2.24, 2.45) is 0 Å². The second-order valence-corrected chi connectivity index (χ2v) is 6.69. The Balaban J connectivity index is 2.18.